The van der Waals surface area contributed by atoms with Gasteiger partial charge in [-0.1, -0.05) is 19.2 Å². The maximum absolute atomic E-state index is 5.04. The van der Waals surface area contributed by atoms with Crippen LogP contribution in [0.2, 0.25) is 0 Å². The van der Waals surface area contributed by atoms with Crippen LogP contribution in [0.5, 0.6) is 0 Å². The summed E-state index contributed by atoms with van der Waals surface area (Å²) >= 11 is 0. The van der Waals surface area contributed by atoms with Gasteiger partial charge in [-0.3, -0.25) is 0 Å². The smallest absolute Gasteiger partial charge is 0.162 e. The summed E-state index contributed by atoms with van der Waals surface area (Å²) in [5.41, 5.74) is 0.916. The average molecular weight is 154 g/mol. The van der Waals surface area contributed by atoms with E-state index in [1.165, 1.54) is 0 Å². The van der Waals surface area contributed by atoms with E-state index in [2.05, 4.69) is 13.2 Å². The van der Waals surface area contributed by atoms with E-state index in [1.807, 2.05) is 6.92 Å². The highest BCUT2D eigenvalue weighted by atomic mass is 16.5. The Kier molecular flexibility index (Phi) is 4.11. The Morgan fingerprint density at radius 2 is 1.82 bits per heavy atom. The van der Waals surface area contributed by atoms with E-state index in [9.17, 15) is 0 Å². The fraction of sp³-hybridized carbons (Fsp3) is 0.333. The molecule has 0 N–H and O–H groups in total. The zero-order chi connectivity index (χ0) is 8.85. The monoisotopic (exact) mass is 154 g/mol. The number of allylic oxidation sites excluding steroid dienone is 2. The van der Waals surface area contributed by atoms with Gasteiger partial charge in [-0.15, -0.1) is 0 Å². The van der Waals surface area contributed by atoms with Crippen molar-refractivity contribution in [2.75, 3.05) is 14.2 Å². The molecule has 0 aromatic carbocycles. The van der Waals surface area contributed by atoms with Gasteiger partial charge in [0, 0.05) is 0 Å². The Balaban J connectivity index is 4.64. The maximum atomic E-state index is 5.04. The molecule has 0 aromatic heterocycles. The second-order valence-electron chi connectivity index (χ2n) is 2.05. The van der Waals surface area contributed by atoms with Crippen molar-refractivity contribution in [3.63, 3.8) is 0 Å². The largest absolute Gasteiger partial charge is 0.493 e. The lowest BCUT2D eigenvalue weighted by molar-refractivity contribution is 0.219. The number of hydrogen-bond donors (Lipinski definition) is 0. The molecule has 0 aliphatic rings. The molecule has 0 saturated heterocycles. The quantitative estimate of drug-likeness (QED) is 0.456. The molecule has 0 aliphatic heterocycles. The first-order valence-corrected chi connectivity index (χ1v) is 3.28. The van der Waals surface area contributed by atoms with Crippen molar-refractivity contribution in [1.82, 2.24) is 0 Å². The van der Waals surface area contributed by atoms with Crippen LogP contribution in [-0.4, -0.2) is 14.2 Å². The molecule has 0 fully saturated rings. The van der Waals surface area contributed by atoms with Crippen LogP contribution in [0.1, 0.15) is 6.92 Å². The number of ether oxygens (including phenoxy) is 2. The van der Waals surface area contributed by atoms with Gasteiger partial charge < -0.3 is 9.47 Å². The van der Waals surface area contributed by atoms with Crippen molar-refractivity contribution in [3.8, 4) is 0 Å². The molecule has 62 valence electrons. The van der Waals surface area contributed by atoms with Crippen LogP contribution in [0.3, 0.4) is 0 Å². The molecule has 2 nitrogen and oxygen atoms in total. The molecule has 0 aromatic rings. The molecule has 0 rings (SSSR count). The van der Waals surface area contributed by atoms with Gasteiger partial charge in [-0.25, -0.2) is 0 Å². The summed E-state index contributed by atoms with van der Waals surface area (Å²) in [5, 5.41) is 0. The standard InChI is InChI=1S/C9H14O2/c1-6-7(2)9(11-5)8(3)10-4/h6H,1,3H2,2,4-5H3/b9-7+. The Morgan fingerprint density at radius 1 is 1.27 bits per heavy atom. The first-order valence-electron chi connectivity index (χ1n) is 3.28. The molecular weight excluding hydrogens is 140 g/mol. The molecule has 0 aliphatic carbocycles. The van der Waals surface area contributed by atoms with Crippen LogP contribution in [0.25, 0.3) is 0 Å². The van der Waals surface area contributed by atoms with Gasteiger partial charge in [-0.05, 0) is 12.5 Å². The molecule has 2 heteroatoms. The van der Waals surface area contributed by atoms with Crippen LogP contribution >= 0.6 is 0 Å². The summed E-state index contributed by atoms with van der Waals surface area (Å²) in [7, 11) is 3.13. The summed E-state index contributed by atoms with van der Waals surface area (Å²) in [6.07, 6.45) is 1.70. The van der Waals surface area contributed by atoms with Crippen molar-refractivity contribution < 1.29 is 9.47 Å². The summed E-state index contributed by atoms with van der Waals surface area (Å²) in [6, 6.07) is 0. The molecule has 11 heavy (non-hydrogen) atoms. The van der Waals surface area contributed by atoms with Gasteiger partial charge in [0.05, 0.1) is 14.2 Å². The minimum atomic E-state index is 0.518. The third kappa shape index (κ3) is 2.50. The summed E-state index contributed by atoms with van der Waals surface area (Å²) in [6.45, 7) is 9.16. The number of rotatable bonds is 4. The Hall–Kier alpha value is -1.18. The zero-order valence-electron chi connectivity index (χ0n) is 7.31. The van der Waals surface area contributed by atoms with Crippen LogP contribution < -0.4 is 0 Å². The lowest BCUT2D eigenvalue weighted by Crippen LogP contribution is -1.95. The fourth-order valence-electron chi connectivity index (χ4n) is 0.680. The van der Waals surface area contributed by atoms with Crippen LogP contribution in [0, 0.1) is 0 Å². The molecule has 0 heterocycles. The summed E-state index contributed by atoms with van der Waals surface area (Å²) in [4.78, 5) is 0. The fourth-order valence-corrected chi connectivity index (χ4v) is 0.680. The molecule has 0 amide bonds. The molecule has 0 bridgehead atoms. The minimum Gasteiger partial charge on any atom is -0.493 e. The highest BCUT2D eigenvalue weighted by molar-refractivity contribution is 5.28. The maximum Gasteiger partial charge on any atom is 0.162 e. The molecule has 0 atom stereocenters. The van der Waals surface area contributed by atoms with Gasteiger partial charge in [0.1, 0.15) is 0 Å². The zero-order valence-corrected chi connectivity index (χ0v) is 7.31. The normalized spacial score (nSPS) is 11.5. The lowest BCUT2D eigenvalue weighted by Gasteiger charge is -2.09. The minimum absolute atomic E-state index is 0.518. The molecule has 0 saturated carbocycles. The topological polar surface area (TPSA) is 18.5 Å². The predicted octanol–water partition coefficient (Wildman–Crippen LogP) is 2.25. The van der Waals surface area contributed by atoms with E-state index >= 15 is 0 Å². The third-order valence-electron chi connectivity index (χ3n) is 1.37. The third-order valence-corrected chi connectivity index (χ3v) is 1.37. The molecule has 0 spiro atoms. The SMILES string of the molecule is C=C/C(C)=C(/OC)C(=C)OC. The number of methoxy groups -OCH3 is 2. The van der Waals surface area contributed by atoms with Crippen LogP contribution in [0.4, 0.5) is 0 Å². The lowest BCUT2D eigenvalue weighted by atomic mass is 10.2. The van der Waals surface area contributed by atoms with Gasteiger partial charge in [0.25, 0.3) is 0 Å². The van der Waals surface area contributed by atoms with Crippen molar-refractivity contribution in [3.05, 3.63) is 36.3 Å². The average Bonchev–Trinajstić information content (AvgIpc) is 2.05. The van der Waals surface area contributed by atoms with Crippen molar-refractivity contribution in [1.29, 1.82) is 0 Å². The predicted molar refractivity (Wildman–Crippen MR) is 46.1 cm³/mol. The summed E-state index contributed by atoms with van der Waals surface area (Å²) < 4.78 is 9.94. The van der Waals surface area contributed by atoms with E-state index in [-0.39, 0.29) is 0 Å². The van der Waals surface area contributed by atoms with E-state index in [0.29, 0.717) is 11.5 Å². The van der Waals surface area contributed by atoms with Gasteiger partial charge in [0.15, 0.2) is 11.5 Å². The highest BCUT2D eigenvalue weighted by Crippen LogP contribution is 2.14. The van der Waals surface area contributed by atoms with Crippen LogP contribution in [0.15, 0.2) is 36.3 Å². The van der Waals surface area contributed by atoms with E-state index < -0.39 is 0 Å². The highest BCUT2D eigenvalue weighted by Gasteiger charge is 2.04. The van der Waals surface area contributed by atoms with Crippen molar-refractivity contribution in [2.24, 2.45) is 0 Å². The van der Waals surface area contributed by atoms with E-state index in [1.54, 1.807) is 20.3 Å². The molecule has 0 radical (unpaired) electrons. The van der Waals surface area contributed by atoms with Crippen molar-refractivity contribution >= 4 is 0 Å². The van der Waals surface area contributed by atoms with E-state index in [4.69, 9.17) is 9.47 Å². The second-order valence-corrected chi connectivity index (χ2v) is 2.05. The first-order chi connectivity index (χ1) is 5.17. The molecule has 0 unspecified atom stereocenters. The Bertz CT molecular complexity index is 190. The van der Waals surface area contributed by atoms with Gasteiger partial charge >= 0.3 is 0 Å². The first kappa shape index (κ1) is 9.82. The van der Waals surface area contributed by atoms with Crippen LogP contribution in [-0.2, 0) is 9.47 Å². The van der Waals surface area contributed by atoms with Gasteiger partial charge in [-0.2, -0.15) is 0 Å². The second kappa shape index (κ2) is 4.61. The Labute approximate surface area is 67.8 Å². The van der Waals surface area contributed by atoms with Crippen molar-refractivity contribution in [2.45, 2.75) is 6.92 Å². The van der Waals surface area contributed by atoms with Gasteiger partial charge in [0.2, 0.25) is 0 Å². The summed E-state index contributed by atoms with van der Waals surface area (Å²) in [5.74, 6) is 1.16. The van der Waals surface area contributed by atoms with E-state index in [0.717, 1.165) is 5.57 Å². The number of hydrogen-bond acceptors (Lipinski definition) is 2. The molecular formula is C9H14O2. The Morgan fingerprint density at radius 3 is 2.09 bits per heavy atom.